The fraction of sp³-hybridized carbons (Fsp3) is 0.0800. The van der Waals surface area contributed by atoms with Crippen LogP contribution in [0.3, 0.4) is 0 Å². The Hall–Kier alpha value is -3.48. The zero-order chi connectivity index (χ0) is 23.7. The molecule has 33 heavy (non-hydrogen) atoms. The van der Waals surface area contributed by atoms with E-state index in [0.717, 1.165) is 4.90 Å². The molecule has 0 aliphatic carbocycles. The van der Waals surface area contributed by atoms with Crippen LogP contribution in [0.4, 0.5) is 14.9 Å². The van der Waals surface area contributed by atoms with Gasteiger partial charge in [-0.1, -0.05) is 53.5 Å². The summed E-state index contributed by atoms with van der Waals surface area (Å²) in [5.74, 6) is -2.01. The fourth-order valence-corrected chi connectivity index (χ4v) is 3.93. The minimum absolute atomic E-state index is 0.217. The highest BCUT2D eigenvalue weighted by Crippen LogP contribution is 2.30. The second kappa shape index (κ2) is 9.17. The van der Waals surface area contributed by atoms with E-state index in [2.05, 4.69) is 5.32 Å². The number of urea groups is 1. The zero-order valence-electron chi connectivity index (χ0n) is 17.4. The molecule has 1 N–H and O–H groups in total. The van der Waals surface area contributed by atoms with Gasteiger partial charge in [0.1, 0.15) is 11.4 Å². The number of anilines is 1. The molecule has 4 amide bonds. The van der Waals surface area contributed by atoms with Crippen molar-refractivity contribution in [3.05, 3.63) is 104 Å². The van der Waals surface area contributed by atoms with Crippen molar-refractivity contribution in [2.75, 3.05) is 4.90 Å². The molecule has 1 fully saturated rings. The molecule has 1 saturated heterocycles. The molecule has 8 heteroatoms. The summed E-state index contributed by atoms with van der Waals surface area (Å²) in [5.41, 5.74) is 2.08. The Bertz CT molecular complexity index is 1340. The number of rotatable bonds is 4. The normalized spacial score (nSPS) is 15.2. The van der Waals surface area contributed by atoms with Gasteiger partial charge < -0.3 is 0 Å². The van der Waals surface area contributed by atoms with Gasteiger partial charge in [0.25, 0.3) is 11.8 Å². The van der Waals surface area contributed by atoms with E-state index >= 15 is 0 Å². The van der Waals surface area contributed by atoms with Crippen molar-refractivity contribution < 1.29 is 18.8 Å². The van der Waals surface area contributed by atoms with Crippen LogP contribution in [0.2, 0.25) is 10.0 Å². The summed E-state index contributed by atoms with van der Waals surface area (Å²) in [7, 11) is 0. The van der Waals surface area contributed by atoms with Crippen LogP contribution in [0.15, 0.2) is 66.2 Å². The van der Waals surface area contributed by atoms with Gasteiger partial charge in [-0.2, -0.15) is 0 Å². The lowest BCUT2D eigenvalue weighted by Crippen LogP contribution is -2.54. The first-order valence-corrected chi connectivity index (χ1v) is 10.7. The fourth-order valence-electron chi connectivity index (χ4n) is 3.58. The molecule has 0 atom stereocenters. The number of carbonyl (C=O) groups excluding carboxylic acids is 3. The number of hydrogen-bond acceptors (Lipinski definition) is 3. The molecule has 0 aromatic heterocycles. The molecule has 1 heterocycles. The average Bonchev–Trinajstić information content (AvgIpc) is 2.77. The number of nitrogens with zero attached hydrogens (tertiary/aromatic N) is 1. The van der Waals surface area contributed by atoms with Gasteiger partial charge in [-0.05, 0) is 65.6 Å². The Kier molecular flexibility index (Phi) is 6.31. The van der Waals surface area contributed by atoms with E-state index in [1.165, 1.54) is 12.1 Å². The summed E-state index contributed by atoms with van der Waals surface area (Å²) >= 11 is 12.3. The number of nitrogens with one attached hydrogen (secondary N) is 1. The van der Waals surface area contributed by atoms with Gasteiger partial charge in [-0.15, -0.1) is 0 Å². The first-order valence-electron chi connectivity index (χ1n) is 9.94. The smallest absolute Gasteiger partial charge is 0.273 e. The molecular formula is C25H17Cl2FN2O3. The maximum Gasteiger partial charge on any atom is 0.335 e. The molecule has 3 aromatic rings. The Morgan fingerprint density at radius 2 is 1.73 bits per heavy atom. The minimum atomic E-state index is -0.870. The second-order valence-corrected chi connectivity index (χ2v) is 8.30. The summed E-state index contributed by atoms with van der Waals surface area (Å²) in [6.07, 6.45) is 1.58. The van der Waals surface area contributed by atoms with E-state index in [4.69, 9.17) is 23.2 Å². The Morgan fingerprint density at radius 3 is 2.48 bits per heavy atom. The molecule has 1 aliphatic heterocycles. The van der Waals surface area contributed by atoms with Crippen molar-refractivity contribution in [3.8, 4) is 0 Å². The van der Waals surface area contributed by atoms with Crippen LogP contribution in [0.5, 0.6) is 0 Å². The van der Waals surface area contributed by atoms with Crippen molar-refractivity contribution in [1.29, 1.82) is 0 Å². The number of halogens is 3. The third kappa shape index (κ3) is 4.53. The monoisotopic (exact) mass is 482 g/mol. The van der Waals surface area contributed by atoms with E-state index in [1.807, 2.05) is 0 Å². The van der Waals surface area contributed by atoms with Crippen LogP contribution in [0.1, 0.15) is 22.3 Å². The summed E-state index contributed by atoms with van der Waals surface area (Å²) in [4.78, 5) is 39.2. The molecular weight excluding hydrogens is 466 g/mol. The molecule has 0 saturated carbocycles. The van der Waals surface area contributed by atoms with Gasteiger partial charge in [0.2, 0.25) is 0 Å². The van der Waals surface area contributed by atoms with Crippen molar-refractivity contribution in [1.82, 2.24) is 5.32 Å². The lowest BCUT2D eigenvalue weighted by Gasteiger charge is -2.28. The lowest BCUT2D eigenvalue weighted by atomic mass is 9.97. The first-order chi connectivity index (χ1) is 15.8. The van der Waals surface area contributed by atoms with E-state index < -0.39 is 17.8 Å². The third-order valence-corrected chi connectivity index (χ3v) is 5.97. The number of carbonyl (C=O) groups is 3. The van der Waals surface area contributed by atoms with Crippen LogP contribution in [-0.4, -0.2) is 17.8 Å². The highest BCUT2D eigenvalue weighted by Gasteiger charge is 2.37. The van der Waals surface area contributed by atoms with Gasteiger partial charge in [0.05, 0.1) is 5.69 Å². The zero-order valence-corrected chi connectivity index (χ0v) is 18.9. The molecule has 0 spiro atoms. The van der Waals surface area contributed by atoms with Crippen molar-refractivity contribution >= 4 is 52.8 Å². The molecule has 3 aromatic carbocycles. The van der Waals surface area contributed by atoms with Crippen molar-refractivity contribution in [3.63, 3.8) is 0 Å². The van der Waals surface area contributed by atoms with Crippen LogP contribution in [0, 0.1) is 12.7 Å². The summed E-state index contributed by atoms with van der Waals surface area (Å²) < 4.78 is 14.2. The Balaban J connectivity index is 1.78. The maximum atomic E-state index is 14.2. The van der Waals surface area contributed by atoms with E-state index in [-0.39, 0.29) is 23.5 Å². The van der Waals surface area contributed by atoms with E-state index in [9.17, 15) is 18.8 Å². The Morgan fingerprint density at radius 1 is 0.970 bits per heavy atom. The van der Waals surface area contributed by atoms with Crippen LogP contribution in [0.25, 0.3) is 6.08 Å². The van der Waals surface area contributed by atoms with E-state index in [1.54, 1.807) is 61.5 Å². The largest absolute Gasteiger partial charge is 0.335 e. The van der Waals surface area contributed by atoms with Gasteiger partial charge in [-0.25, -0.2) is 14.1 Å². The number of benzene rings is 3. The lowest BCUT2D eigenvalue weighted by molar-refractivity contribution is -0.122. The molecule has 0 radical (unpaired) electrons. The predicted octanol–water partition coefficient (Wildman–Crippen LogP) is 5.70. The van der Waals surface area contributed by atoms with E-state index in [0.29, 0.717) is 32.3 Å². The minimum Gasteiger partial charge on any atom is -0.273 e. The standard InChI is InChI=1S/C25H17Cl2FN2O3/c1-14-20(27)6-4-8-22(14)30-24(32)19(23(31)29-25(30)33)13-17-12-18(26)10-9-15(17)11-16-5-2-3-7-21(16)28/h2-10,12-13H,11H2,1H3,(H,29,31,33)/b19-13+. The molecule has 5 nitrogen and oxygen atoms in total. The quantitative estimate of drug-likeness (QED) is 0.383. The summed E-state index contributed by atoms with van der Waals surface area (Å²) in [5, 5.41) is 2.94. The number of hydrogen-bond donors (Lipinski definition) is 1. The number of imide groups is 2. The van der Waals surface area contributed by atoms with Gasteiger partial charge in [-0.3, -0.25) is 14.9 Å². The third-order valence-electron chi connectivity index (χ3n) is 5.33. The number of amides is 4. The maximum absolute atomic E-state index is 14.2. The van der Waals surface area contributed by atoms with Crippen molar-refractivity contribution in [2.45, 2.75) is 13.3 Å². The average molecular weight is 483 g/mol. The summed E-state index contributed by atoms with van der Waals surface area (Å²) in [6, 6.07) is 15.2. The van der Waals surface area contributed by atoms with Gasteiger partial charge in [0.15, 0.2) is 0 Å². The molecule has 0 bridgehead atoms. The number of barbiturate groups is 1. The molecule has 166 valence electrons. The Labute approximate surface area is 199 Å². The highest BCUT2D eigenvalue weighted by atomic mass is 35.5. The van der Waals surface area contributed by atoms with Crippen LogP contribution >= 0.6 is 23.2 Å². The second-order valence-electron chi connectivity index (χ2n) is 7.45. The van der Waals surface area contributed by atoms with Gasteiger partial charge in [0, 0.05) is 16.5 Å². The molecule has 1 aliphatic rings. The van der Waals surface area contributed by atoms with Crippen molar-refractivity contribution in [2.24, 2.45) is 0 Å². The molecule has 0 unspecified atom stereocenters. The SMILES string of the molecule is Cc1c(Cl)cccc1N1C(=O)NC(=O)/C(=C\c2cc(Cl)ccc2Cc2ccccc2F)C1=O. The highest BCUT2D eigenvalue weighted by molar-refractivity contribution is 6.40. The van der Waals surface area contributed by atoms with Crippen LogP contribution < -0.4 is 10.2 Å². The molecule has 4 rings (SSSR count). The van der Waals surface area contributed by atoms with Crippen LogP contribution in [-0.2, 0) is 16.0 Å². The summed E-state index contributed by atoms with van der Waals surface area (Å²) in [6.45, 7) is 1.67. The predicted molar refractivity (Wildman–Crippen MR) is 126 cm³/mol. The first kappa shape index (κ1) is 22.7. The van der Waals surface area contributed by atoms with Gasteiger partial charge >= 0.3 is 6.03 Å². The topological polar surface area (TPSA) is 66.5 Å².